The normalized spacial score (nSPS) is 10.4. The Labute approximate surface area is 104 Å². The van der Waals surface area contributed by atoms with Crippen molar-refractivity contribution in [3.8, 4) is 17.3 Å². The quantitative estimate of drug-likeness (QED) is 0.679. The number of fused-ring (bicyclic) bond motifs is 1. The number of hydrogen-bond acceptors (Lipinski definition) is 3. The van der Waals surface area contributed by atoms with Crippen LogP contribution >= 0.6 is 0 Å². The highest BCUT2D eigenvalue weighted by atomic mass is 14.7. The lowest BCUT2D eigenvalue weighted by Gasteiger charge is -1.99. The molecule has 0 fully saturated rings. The van der Waals surface area contributed by atoms with Crippen LogP contribution in [-0.4, -0.2) is 9.97 Å². The number of nitrogens with one attached hydrogen (secondary N) is 1. The van der Waals surface area contributed by atoms with E-state index in [1.807, 2.05) is 30.5 Å². The summed E-state index contributed by atoms with van der Waals surface area (Å²) in [5.74, 6) is 0. The van der Waals surface area contributed by atoms with Gasteiger partial charge in [0.2, 0.25) is 0 Å². The average Bonchev–Trinajstić information content (AvgIpc) is 2.83. The van der Waals surface area contributed by atoms with Gasteiger partial charge in [0.05, 0.1) is 28.7 Å². The third kappa shape index (κ3) is 1.50. The second-order valence-electron chi connectivity index (χ2n) is 4.02. The van der Waals surface area contributed by atoms with Gasteiger partial charge in [0, 0.05) is 17.1 Å². The number of nitriles is 1. The predicted molar refractivity (Wildman–Crippen MR) is 70.7 cm³/mol. The second kappa shape index (κ2) is 3.90. The van der Waals surface area contributed by atoms with Crippen molar-refractivity contribution in [1.82, 2.24) is 9.97 Å². The largest absolute Gasteiger partial charge is 0.397 e. The lowest BCUT2D eigenvalue weighted by atomic mass is 10.1. The van der Waals surface area contributed by atoms with E-state index < -0.39 is 0 Å². The van der Waals surface area contributed by atoms with Crippen molar-refractivity contribution in [3.05, 3.63) is 48.3 Å². The number of hydrogen-bond donors (Lipinski definition) is 2. The van der Waals surface area contributed by atoms with Crippen LogP contribution in [0.25, 0.3) is 22.2 Å². The Kier molecular flexibility index (Phi) is 2.24. The molecule has 2 aromatic heterocycles. The van der Waals surface area contributed by atoms with Gasteiger partial charge in [-0.05, 0) is 18.2 Å². The van der Waals surface area contributed by atoms with E-state index in [9.17, 15) is 0 Å². The van der Waals surface area contributed by atoms with Gasteiger partial charge >= 0.3 is 0 Å². The molecule has 18 heavy (non-hydrogen) atoms. The zero-order valence-corrected chi connectivity index (χ0v) is 9.51. The molecule has 3 N–H and O–H groups in total. The van der Waals surface area contributed by atoms with E-state index in [2.05, 4.69) is 16.0 Å². The maximum Gasteiger partial charge on any atom is 0.101 e. The number of aromatic amines is 1. The molecule has 0 amide bonds. The van der Waals surface area contributed by atoms with Gasteiger partial charge in [0.1, 0.15) is 6.07 Å². The Balaban J connectivity index is 2.25. The van der Waals surface area contributed by atoms with Crippen molar-refractivity contribution in [2.45, 2.75) is 0 Å². The van der Waals surface area contributed by atoms with Crippen molar-refractivity contribution < 1.29 is 0 Å². The number of benzene rings is 1. The van der Waals surface area contributed by atoms with Crippen LogP contribution in [0.1, 0.15) is 5.56 Å². The molecule has 4 heteroatoms. The molecule has 86 valence electrons. The van der Waals surface area contributed by atoms with Gasteiger partial charge < -0.3 is 10.7 Å². The summed E-state index contributed by atoms with van der Waals surface area (Å²) in [5, 5.41) is 10.0. The van der Waals surface area contributed by atoms with Crippen molar-refractivity contribution in [2.24, 2.45) is 0 Å². The van der Waals surface area contributed by atoms with E-state index in [1.165, 1.54) is 0 Å². The third-order valence-electron chi connectivity index (χ3n) is 2.90. The molecule has 0 atom stereocenters. The van der Waals surface area contributed by atoms with Gasteiger partial charge in [-0.3, -0.25) is 4.98 Å². The van der Waals surface area contributed by atoms with E-state index >= 15 is 0 Å². The molecule has 2 heterocycles. The van der Waals surface area contributed by atoms with Crippen LogP contribution in [0.4, 0.5) is 5.69 Å². The molecule has 3 aromatic rings. The van der Waals surface area contributed by atoms with E-state index in [-0.39, 0.29) is 0 Å². The zero-order chi connectivity index (χ0) is 12.5. The first-order chi connectivity index (χ1) is 8.79. The van der Waals surface area contributed by atoms with Gasteiger partial charge in [0.25, 0.3) is 0 Å². The average molecular weight is 234 g/mol. The number of nitrogen functional groups attached to an aromatic ring is 1. The first-order valence-corrected chi connectivity index (χ1v) is 5.51. The lowest BCUT2D eigenvalue weighted by Crippen LogP contribution is -1.87. The van der Waals surface area contributed by atoms with Gasteiger partial charge in [-0.2, -0.15) is 5.26 Å². The summed E-state index contributed by atoms with van der Waals surface area (Å²) in [6, 6.07) is 11.5. The maximum atomic E-state index is 9.05. The molecule has 0 aliphatic rings. The predicted octanol–water partition coefficient (Wildman–Crippen LogP) is 2.68. The fourth-order valence-corrected chi connectivity index (χ4v) is 2.02. The summed E-state index contributed by atoms with van der Waals surface area (Å²) in [5.41, 5.74) is 9.55. The fraction of sp³-hybridized carbons (Fsp3) is 0. The summed E-state index contributed by atoms with van der Waals surface area (Å²) in [7, 11) is 0. The van der Waals surface area contributed by atoms with E-state index in [0.29, 0.717) is 11.3 Å². The highest BCUT2D eigenvalue weighted by Crippen LogP contribution is 2.28. The molecule has 0 radical (unpaired) electrons. The minimum atomic E-state index is 0.634. The molecule has 4 nitrogen and oxygen atoms in total. The third-order valence-corrected chi connectivity index (χ3v) is 2.90. The molecule has 0 saturated heterocycles. The summed E-state index contributed by atoms with van der Waals surface area (Å²) >= 11 is 0. The van der Waals surface area contributed by atoms with Crippen LogP contribution in [0, 0.1) is 11.3 Å². The molecule has 1 aromatic carbocycles. The molecule has 0 aliphatic carbocycles. The van der Waals surface area contributed by atoms with Crippen LogP contribution < -0.4 is 5.73 Å². The van der Waals surface area contributed by atoms with Crippen LogP contribution in [0.3, 0.4) is 0 Å². The topological polar surface area (TPSA) is 78.5 Å². The summed E-state index contributed by atoms with van der Waals surface area (Å²) in [6.45, 7) is 0. The standard InChI is InChI=1S/C14H10N4/c15-6-9-2-1-3-11-12(8-18-14(9)11)13-5-4-10(16)7-17-13/h1-5,7-8,18H,16H2. The van der Waals surface area contributed by atoms with Crippen LogP contribution in [0.2, 0.25) is 0 Å². The summed E-state index contributed by atoms with van der Waals surface area (Å²) < 4.78 is 0. The van der Waals surface area contributed by atoms with Crippen molar-refractivity contribution in [1.29, 1.82) is 5.26 Å². The van der Waals surface area contributed by atoms with E-state index in [0.717, 1.165) is 22.2 Å². The number of aromatic nitrogens is 2. The molecule has 3 rings (SSSR count). The smallest absolute Gasteiger partial charge is 0.101 e. The number of nitrogens with two attached hydrogens (primary N) is 1. The Morgan fingerprint density at radius 2 is 2.11 bits per heavy atom. The zero-order valence-electron chi connectivity index (χ0n) is 9.51. The molecule has 0 spiro atoms. The summed E-state index contributed by atoms with van der Waals surface area (Å²) in [4.78, 5) is 7.43. The highest BCUT2D eigenvalue weighted by Gasteiger charge is 2.09. The maximum absolute atomic E-state index is 9.05. The Hall–Kier alpha value is -2.80. The van der Waals surface area contributed by atoms with Gasteiger partial charge in [-0.25, -0.2) is 0 Å². The number of para-hydroxylation sites is 1. The van der Waals surface area contributed by atoms with Crippen LogP contribution in [-0.2, 0) is 0 Å². The minimum Gasteiger partial charge on any atom is -0.397 e. The van der Waals surface area contributed by atoms with Gasteiger partial charge in [-0.15, -0.1) is 0 Å². The van der Waals surface area contributed by atoms with Crippen molar-refractivity contribution >= 4 is 16.6 Å². The monoisotopic (exact) mass is 234 g/mol. The van der Waals surface area contributed by atoms with Gasteiger partial charge in [0.15, 0.2) is 0 Å². The fourth-order valence-electron chi connectivity index (χ4n) is 2.02. The van der Waals surface area contributed by atoms with Gasteiger partial charge in [-0.1, -0.05) is 12.1 Å². The first kappa shape index (κ1) is 10.4. The molecule has 0 saturated carbocycles. The summed E-state index contributed by atoms with van der Waals surface area (Å²) in [6.07, 6.45) is 3.49. The van der Waals surface area contributed by atoms with Crippen LogP contribution in [0.5, 0.6) is 0 Å². The van der Waals surface area contributed by atoms with Crippen molar-refractivity contribution in [3.63, 3.8) is 0 Å². The van der Waals surface area contributed by atoms with E-state index in [4.69, 9.17) is 11.0 Å². The Bertz CT molecular complexity index is 748. The lowest BCUT2D eigenvalue weighted by molar-refractivity contribution is 1.33. The minimum absolute atomic E-state index is 0.634. The molecular weight excluding hydrogens is 224 g/mol. The SMILES string of the molecule is N#Cc1cccc2c(-c3ccc(N)cn3)c[nH]c12. The molecular formula is C14H10N4. The second-order valence-corrected chi connectivity index (χ2v) is 4.02. The first-order valence-electron chi connectivity index (χ1n) is 5.51. The number of anilines is 1. The Morgan fingerprint density at radius 1 is 1.22 bits per heavy atom. The highest BCUT2D eigenvalue weighted by molar-refractivity contribution is 5.97. The number of pyridine rings is 1. The number of rotatable bonds is 1. The number of H-pyrrole nitrogens is 1. The van der Waals surface area contributed by atoms with Crippen molar-refractivity contribution in [2.75, 3.05) is 5.73 Å². The van der Waals surface area contributed by atoms with E-state index in [1.54, 1.807) is 12.3 Å². The Morgan fingerprint density at radius 3 is 2.83 bits per heavy atom. The number of nitrogens with zero attached hydrogens (tertiary/aromatic N) is 2. The molecule has 0 aliphatic heterocycles. The molecule has 0 bridgehead atoms. The molecule has 0 unspecified atom stereocenters. The van der Waals surface area contributed by atoms with Crippen LogP contribution in [0.15, 0.2) is 42.7 Å².